The Balaban J connectivity index is 1.94. The van der Waals surface area contributed by atoms with Gasteiger partial charge in [-0.25, -0.2) is 13.2 Å². The SMILES string of the molecule is Cc1cc(C(/C=C(\F)c2ccc(C(=O)CC3CCC(F)(F)CC3)c(C(F)(F)F)c2)C(F)(F)F)ccc1Cl. The van der Waals surface area contributed by atoms with Crippen LogP contribution in [0.3, 0.4) is 0 Å². The summed E-state index contributed by atoms with van der Waals surface area (Å²) in [7, 11) is 0. The van der Waals surface area contributed by atoms with Crippen LogP contribution in [0.25, 0.3) is 5.83 Å². The van der Waals surface area contributed by atoms with E-state index in [0.717, 1.165) is 18.2 Å². The summed E-state index contributed by atoms with van der Waals surface area (Å²) in [5, 5.41) is 0.186. The maximum absolute atomic E-state index is 14.9. The topological polar surface area (TPSA) is 17.1 Å². The summed E-state index contributed by atoms with van der Waals surface area (Å²) >= 11 is 5.84. The molecule has 0 bridgehead atoms. The Labute approximate surface area is 212 Å². The molecule has 0 N–H and O–H groups in total. The highest BCUT2D eigenvalue weighted by molar-refractivity contribution is 6.31. The summed E-state index contributed by atoms with van der Waals surface area (Å²) in [5.74, 6) is -8.39. The number of halogens is 10. The lowest BCUT2D eigenvalue weighted by Gasteiger charge is -2.28. The highest BCUT2D eigenvalue weighted by atomic mass is 35.5. The zero-order chi connectivity index (χ0) is 27.8. The van der Waals surface area contributed by atoms with Crippen molar-refractivity contribution in [2.75, 3.05) is 0 Å². The quantitative estimate of drug-likeness (QED) is 0.256. The van der Waals surface area contributed by atoms with Crippen LogP contribution < -0.4 is 0 Å². The van der Waals surface area contributed by atoms with Crippen molar-refractivity contribution in [2.24, 2.45) is 5.92 Å². The molecule has 0 spiro atoms. The van der Waals surface area contributed by atoms with E-state index in [2.05, 4.69) is 0 Å². The van der Waals surface area contributed by atoms with Crippen molar-refractivity contribution in [3.05, 3.63) is 75.3 Å². The van der Waals surface area contributed by atoms with Crippen LogP contribution in [0.15, 0.2) is 42.5 Å². The highest BCUT2D eigenvalue weighted by Gasteiger charge is 2.41. The number of alkyl halides is 8. The van der Waals surface area contributed by atoms with Crippen LogP contribution in [-0.2, 0) is 6.18 Å². The minimum Gasteiger partial charge on any atom is -0.294 e. The number of allylic oxidation sites excluding steroid dienone is 1. The highest BCUT2D eigenvalue weighted by Crippen LogP contribution is 2.42. The average molecular weight is 557 g/mol. The molecule has 2 aromatic carbocycles. The molecule has 2 aromatic rings. The molecule has 1 nitrogen and oxygen atoms in total. The van der Waals surface area contributed by atoms with Crippen LogP contribution in [0.2, 0.25) is 5.02 Å². The minimum absolute atomic E-state index is 0.0292. The zero-order valence-electron chi connectivity index (χ0n) is 19.4. The predicted molar refractivity (Wildman–Crippen MR) is 121 cm³/mol. The number of carbonyl (C=O) groups excluding carboxylic acids is 1. The molecule has 202 valence electrons. The van der Waals surface area contributed by atoms with E-state index in [1.165, 1.54) is 13.0 Å². The van der Waals surface area contributed by atoms with Gasteiger partial charge < -0.3 is 0 Å². The van der Waals surface area contributed by atoms with Gasteiger partial charge in [0.25, 0.3) is 0 Å². The molecule has 1 unspecified atom stereocenters. The van der Waals surface area contributed by atoms with Crippen LogP contribution in [0.5, 0.6) is 0 Å². The molecule has 1 saturated carbocycles. The smallest absolute Gasteiger partial charge is 0.294 e. The van der Waals surface area contributed by atoms with Gasteiger partial charge in [0.05, 0.1) is 5.56 Å². The summed E-state index contributed by atoms with van der Waals surface area (Å²) in [6.07, 6.45) is -11.3. The number of carbonyl (C=O) groups is 1. The van der Waals surface area contributed by atoms with E-state index in [1.54, 1.807) is 0 Å². The summed E-state index contributed by atoms with van der Waals surface area (Å²) < 4.78 is 124. The van der Waals surface area contributed by atoms with Gasteiger partial charge in [0, 0.05) is 35.4 Å². The van der Waals surface area contributed by atoms with Crippen molar-refractivity contribution in [3.63, 3.8) is 0 Å². The largest absolute Gasteiger partial charge is 0.417 e. The van der Waals surface area contributed by atoms with Crippen LogP contribution in [0.4, 0.5) is 39.5 Å². The van der Waals surface area contributed by atoms with E-state index in [-0.39, 0.29) is 35.6 Å². The van der Waals surface area contributed by atoms with Gasteiger partial charge in [-0.2, -0.15) is 26.3 Å². The molecule has 0 saturated heterocycles. The van der Waals surface area contributed by atoms with E-state index >= 15 is 0 Å². The van der Waals surface area contributed by atoms with Gasteiger partial charge in [0.2, 0.25) is 5.92 Å². The third kappa shape index (κ3) is 7.30. The molecule has 0 aromatic heterocycles. The molecule has 1 aliphatic rings. The van der Waals surface area contributed by atoms with Crippen molar-refractivity contribution in [1.29, 1.82) is 0 Å². The van der Waals surface area contributed by atoms with Crippen molar-refractivity contribution in [3.8, 4) is 0 Å². The lowest BCUT2D eigenvalue weighted by atomic mass is 9.82. The molecule has 0 heterocycles. The monoisotopic (exact) mass is 556 g/mol. The second kappa shape index (κ2) is 10.7. The number of rotatable bonds is 6. The predicted octanol–water partition coefficient (Wildman–Crippen LogP) is 9.72. The number of aryl methyl sites for hydroxylation is 1. The van der Waals surface area contributed by atoms with Crippen LogP contribution in [-0.4, -0.2) is 17.9 Å². The lowest BCUT2D eigenvalue weighted by molar-refractivity contribution is -0.140. The van der Waals surface area contributed by atoms with Gasteiger partial charge in [-0.3, -0.25) is 4.79 Å². The second-order valence-corrected chi connectivity index (χ2v) is 9.63. The second-order valence-electron chi connectivity index (χ2n) is 9.23. The minimum atomic E-state index is -5.11. The molecule has 11 heteroatoms. The summed E-state index contributed by atoms with van der Waals surface area (Å²) in [5.41, 5.74) is -3.15. The van der Waals surface area contributed by atoms with Crippen molar-refractivity contribution in [2.45, 2.75) is 63.2 Å². The van der Waals surface area contributed by atoms with E-state index in [9.17, 15) is 44.3 Å². The fourth-order valence-corrected chi connectivity index (χ4v) is 4.45. The Morgan fingerprint density at radius 2 is 1.68 bits per heavy atom. The van der Waals surface area contributed by atoms with Crippen LogP contribution in [0, 0.1) is 12.8 Å². The van der Waals surface area contributed by atoms with Crippen molar-refractivity contribution in [1.82, 2.24) is 0 Å². The Morgan fingerprint density at radius 3 is 2.22 bits per heavy atom. The fraction of sp³-hybridized carbons (Fsp3) is 0.423. The van der Waals surface area contributed by atoms with E-state index < -0.39 is 77.7 Å². The third-order valence-corrected chi connectivity index (χ3v) is 6.84. The Bertz CT molecular complexity index is 1170. The van der Waals surface area contributed by atoms with E-state index in [1.807, 2.05) is 0 Å². The molecule has 3 rings (SSSR count). The zero-order valence-corrected chi connectivity index (χ0v) is 20.2. The van der Waals surface area contributed by atoms with Crippen LogP contribution in [0.1, 0.15) is 70.6 Å². The van der Waals surface area contributed by atoms with Crippen molar-refractivity contribution < 1.29 is 44.3 Å². The first-order chi connectivity index (χ1) is 17.0. The number of Topliss-reactive ketones (excluding diaryl/α,β-unsaturated/α-hetero) is 1. The van der Waals surface area contributed by atoms with Gasteiger partial charge in [-0.1, -0.05) is 35.9 Å². The molecule has 0 amide bonds. The first-order valence-corrected chi connectivity index (χ1v) is 11.7. The maximum Gasteiger partial charge on any atom is 0.417 e. The van der Waals surface area contributed by atoms with Gasteiger partial charge >= 0.3 is 12.4 Å². The number of hydrogen-bond donors (Lipinski definition) is 0. The van der Waals surface area contributed by atoms with Gasteiger partial charge in [-0.05, 0) is 55.0 Å². The number of ketones is 1. The third-order valence-electron chi connectivity index (χ3n) is 6.42. The normalized spacial score (nSPS) is 18.1. The molecule has 0 aliphatic heterocycles. The van der Waals surface area contributed by atoms with E-state index in [4.69, 9.17) is 11.6 Å². The van der Waals surface area contributed by atoms with E-state index in [0.29, 0.717) is 11.6 Å². The number of hydrogen-bond acceptors (Lipinski definition) is 1. The van der Waals surface area contributed by atoms with Gasteiger partial charge in [-0.15, -0.1) is 0 Å². The Morgan fingerprint density at radius 1 is 1.05 bits per heavy atom. The molecule has 1 atom stereocenters. The molecule has 1 fully saturated rings. The maximum atomic E-state index is 14.9. The summed E-state index contributed by atoms with van der Waals surface area (Å²) in [6, 6.07) is 5.14. The molecular weight excluding hydrogens is 535 g/mol. The first kappa shape index (κ1) is 29.1. The van der Waals surface area contributed by atoms with Gasteiger partial charge in [0.1, 0.15) is 11.7 Å². The first-order valence-electron chi connectivity index (χ1n) is 11.3. The Kier molecular flexibility index (Phi) is 8.41. The van der Waals surface area contributed by atoms with Crippen molar-refractivity contribution >= 4 is 23.2 Å². The standard InChI is InChI=1S/C26H22ClF9O/c1-14-10-16(3-5-21(14)27)19(25(31,32)33)13-22(28)17-2-4-18(20(12-17)26(34,35)36)23(37)11-15-6-8-24(29,30)9-7-15/h2-5,10,12-13,15,19H,6-9,11H2,1H3/b22-13-. The van der Waals surface area contributed by atoms with Crippen LogP contribution >= 0.6 is 11.6 Å². The molecule has 1 aliphatic carbocycles. The van der Waals surface area contributed by atoms with Gasteiger partial charge in [0.15, 0.2) is 5.78 Å². The lowest BCUT2D eigenvalue weighted by Crippen LogP contribution is -2.26. The molecule has 0 radical (unpaired) electrons. The average Bonchev–Trinajstić information content (AvgIpc) is 2.79. The molecular formula is C26H22ClF9O. The fourth-order valence-electron chi connectivity index (χ4n) is 4.33. The summed E-state index contributed by atoms with van der Waals surface area (Å²) in [4.78, 5) is 12.6. The molecule has 37 heavy (non-hydrogen) atoms. The Hall–Kier alpha value is -2.49. The summed E-state index contributed by atoms with van der Waals surface area (Å²) in [6.45, 7) is 1.45. The number of benzene rings is 2.